The van der Waals surface area contributed by atoms with Crippen molar-refractivity contribution in [3.63, 3.8) is 0 Å². The molecule has 0 unspecified atom stereocenters. The molecule has 3 nitrogen and oxygen atoms in total. The Hall–Kier alpha value is -1.38. The van der Waals surface area contributed by atoms with Gasteiger partial charge in [0, 0.05) is 5.57 Å². The van der Waals surface area contributed by atoms with Crippen LogP contribution in [0.15, 0.2) is 23.3 Å². The minimum Gasteiger partial charge on any atom is -0.466 e. The molecule has 0 radical (unpaired) electrons. The van der Waals surface area contributed by atoms with Crippen LogP contribution in [0.1, 0.15) is 26.2 Å². The molecule has 19 heavy (non-hydrogen) atoms. The molecule has 0 aromatic rings. The minimum absolute atomic E-state index is 0.251. The summed E-state index contributed by atoms with van der Waals surface area (Å²) in [4.78, 5) is 23.6. The fourth-order valence-electron chi connectivity index (χ4n) is 4.53. The van der Waals surface area contributed by atoms with Crippen LogP contribution in [0.4, 0.5) is 0 Å². The molecule has 0 heterocycles. The molecule has 0 aliphatic heterocycles. The second-order valence-electron chi connectivity index (χ2n) is 5.89. The van der Waals surface area contributed by atoms with Gasteiger partial charge in [0.2, 0.25) is 0 Å². The van der Waals surface area contributed by atoms with Crippen LogP contribution in [0.5, 0.6) is 0 Å². The van der Waals surface area contributed by atoms with E-state index in [-0.39, 0.29) is 11.9 Å². The summed E-state index contributed by atoms with van der Waals surface area (Å²) in [7, 11) is 1.40. The standard InChI is InChI=1S/C16H20O3/c1-3-4-11-13-9-5-6-10(7-9)14(13)12(8-17)15(11)16(18)19-2/h5-6,8-10,12-14H,3-4,7H2,1-2H3/t9-,10+,12-,13+,14-/m1/s1. The highest BCUT2D eigenvalue weighted by Crippen LogP contribution is 2.60. The fourth-order valence-corrected chi connectivity index (χ4v) is 4.53. The van der Waals surface area contributed by atoms with Gasteiger partial charge in [-0.2, -0.15) is 0 Å². The molecular weight excluding hydrogens is 240 g/mol. The van der Waals surface area contributed by atoms with Gasteiger partial charge in [-0.15, -0.1) is 0 Å². The lowest BCUT2D eigenvalue weighted by molar-refractivity contribution is -0.137. The molecule has 0 N–H and O–H groups in total. The Morgan fingerprint density at radius 2 is 2.16 bits per heavy atom. The first-order valence-corrected chi connectivity index (χ1v) is 7.17. The summed E-state index contributed by atoms with van der Waals surface area (Å²) < 4.78 is 4.92. The highest BCUT2D eigenvalue weighted by Gasteiger charge is 2.55. The van der Waals surface area contributed by atoms with Crippen molar-refractivity contribution in [2.24, 2.45) is 29.6 Å². The van der Waals surface area contributed by atoms with Crippen molar-refractivity contribution in [3.8, 4) is 0 Å². The zero-order chi connectivity index (χ0) is 13.6. The van der Waals surface area contributed by atoms with Crippen LogP contribution < -0.4 is 0 Å². The third kappa shape index (κ3) is 1.63. The van der Waals surface area contributed by atoms with Crippen molar-refractivity contribution in [2.45, 2.75) is 26.2 Å². The van der Waals surface area contributed by atoms with E-state index in [1.54, 1.807) is 0 Å². The van der Waals surface area contributed by atoms with E-state index in [0.717, 1.165) is 25.5 Å². The van der Waals surface area contributed by atoms with Crippen LogP contribution in [0.2, 0.25) is 0 Å². The average molecular weight is 260 g/mol. The summed E-state index contributed by atoms with van der Waals surface area (Å²) in [5, 5.41) is 0. The van der Waals surface area contributed by atoms with E-state index in [2.05, 4.69) is 19.1 Å². The number of fused-ring (bicyclic) bond motifs is 5. The zero-order valence-electron chi connectivity index (χ0n) is 11.5. The third-order valence-electron chi connectivity index (χ3n) is 5.09. The highest BCUT2D eigenvalue weighted by atomic mass is 16.5. The summed E-state index contributed by atoms with van der Waals surface area (Å²) >= 11 is 0. The Morgan fingerprint density at radius 1 is 1.42 bits per heavy atom. The number of aldehydes is 1. The second-order valence-corrected chi connectivity index (χ2v) is 5.89. The van der Waals surface area contributed by atoms with Crippen LogP contribution in [-0.4, -0.2) is 19.4 Å². The van der Waals surface area contributed by atoms with Gasteiger partial charge >= 0.3 is 5.97 Å². The molecule has 5 atom stereocenters. The van der Waals surface area contributed by atoms with Gasteiger partial charge in [0.15, 0.2) is 0 Å². The number of methoxy groups -OCH3 is 1. The third-order valence-corrected chi connectivity index (χ3v) is 5.09. The first-order chi connectivity index (χ1) is 9.22. The van der Waals surface area contributed by atoms with Crippen molar-refractivity contribution in [2.75, 3.05) is 7.11 Å². The summed E-state index contributed by atoms with van der Waals surface area (Å²) in [6, 6.07) is 0. The second kappa shape index (κ2) is 4.62. The number of carbonyl (C=O) groups is 2. The zero-order valence-corrected chi connectivity index (χ0v) is 11.5. The van der Waals surface area contributed by atoms with Gasteiger partial charge in [0.05, 0.1) is 13.0 Å². The normalized spacial score (nSPS) is 38.7. The van der Waals surface area contributed by atoms with Crippen molar-refractivity contribution < 1.29 is 14.3 Å². The topological polar surface area (TPSA) is 43.4 Å². The Kier molecular flexibility index (Phi) is 3.08. The molecular formula is C16H20O3. The number of carbonyl (C=O) groups excluding carboxylic acids is 2. The van der Waals surface area contributed by atoms with Gasteiger partial charge in [-0.3, -0.25) is 0 Å². The lowest BCUT2D eigenvalue weighted by atomic mass is 9.78. The van der Waals surface area contributed by atoms with Gasteiger partial charge in [-0.1, -0.05) is 31.1 Å². The predicted octanol–water partition coefficient (Wildman–Crippen LogP) is 2.52. The maximum absolute atomic E-state index is 12.1. The quantitative estimate of drug-likeness (QED) is 0.443. The Labute approximate surface area is 113 Å². The molecule has 0 aromatic heterocycles. The lowest BCUT2D eigenvalue weighted by Gasteiger charge is -2.25. The van der Waals surface area contributed by atoms with Crippen molar-refractivity contribution in [1.29, 1.82) is 0 Å². The van der Waals surface area contributed by atoms with E-state index < -0.39 is 0 Å². The number of hydrogen-bond acceptors (Lipinski definition) is 3. The van der Waals surface area contributed by atoms with E-state index in [0.29, 0.717) is 29.2 Å². The first kappa shape index (κ1) is 12.6. The molecule has 102 valence electrons. The molecule has 3 heteroatoms. The Morgan fingerprint density at radius 3 is 2.79 bits per heavy atom. The van der Waals surface area contributed by atoms with Crippen molar-refractivity contribution in [1.82, 2.24) is 0 Å². The summed E-state index contributed by atoms with van der Waals surface area (Å²) in [5.74, 6) is 1.16. The molecule has 0 amide bonds. The van der Waals surface area contributed by atoms with Crippen LogP contribution in [0, 0.1) is 29.6 Å². The molecule has 3 rings (SSSR count). The summed E-state index contributed by atoms with van der Waals surface area (Å²) in [6.45, 7) is 2.12. The lowest BCUT2D eigenvalue weighted by Crippen LogP contribution is -2.25. The molecule has 1 fully saturated rings. The maximum atomic E-state index is 12.1. The van der Waals surface area contributed by atoms with Crippen LogP contribution >= 0.6 is 0 Å². The van der Waals surface area contributed by atoms with Gasteiger partial charge < -0.3 is 9.53 Å². The molecule has 3 aliphatic carbocycles. The Bertz CT molecular complexity index is 474. The summed E-state index contributed by atoms with van der Waals surface area (Å²) in [5.41, 5.74) is 1.88. The van der Waals surface area contributed by atoms with E-state index in [1.165, 1.54) is 12.7 Å². The van der Waals surface area contributed by atoms with E-state index in [1.807, 2.05) is 0 Å². The SMILES string of the molecule is CCCC1=C(C(=O)OC)[C@H](C=O)[C@@H]2[C@H]1[C@@H]1C=C[C@H]2C1. The van der Waals surface area contributed by atoms with Gasteiger partial charge in [-0.05, 0) is 36.5 Å². The fraction of sp³-hybridized carbons (Fsp3) is 0.625. The van der Waals surface area contributed by atoms with Crippen molar-refractivity contribution >= 4 is 12.3 Å². The van der Waals surface area contributed by atoms with Crippen LogP contribution in [-0.2, 0) is 14.3 Å². The predicted molar refractivity (Wildman–Crippen MR) is 71.2 cm³/mol. The van der Waals surface area contributed by atoms with E-state index in [4.69, 9.17) is 4.74 Å². The number of hydrogen-bond donors (Lipinski definition) is 0. The number of rotatable bonds is 4. The van der Waals surface area contributed by atoms with Gasteiger partial charge in [0.25, 0.3) is 0 Å². The molecule has 0 aromatic carbocycles. The molecule has 0 spiro atoms. The highest BCUT2D eigenvalue weighted by molar-refractivity contribution is 5.95. The molecule has 2 bridgehead atoms. The van der Waals surface area contributed by atoms with E-state index >= 15 is 0 Å². The van der Waals surface area contributed by atoms with Gasteiger partial charge in [-0.25, -0.2) is 4.79 Å². The number of ether oxygens (including phenoxy) is 1. The van der Waals surface area contributed by atoms with Crippen molar-refractivity contribution in [3.05, 3.63) is 23.3 Å². The first-order valence-electron chi connectivity index (χ1n) is 7.17. The summed E-state index contributed by atoms with van der Waals surface area (Å²) in [6.07, 6.45) is 8.57. The monoisotopic (exact) mass is 260 g/mol. The number of allylic oxidation sites excluding steroid dienone is 3. The molecule has 3 aliphatic rings. The van der Waals surface area contributed by atoms with Crippen LogP contribution in [0.25, 0.3) is 0 Å². The average Bonchev–Trinajstić information content (AvgIpc) is 3.09. The van der Waals surface area contributed by atoms with Crippen LogP contribution in [0.3, 0.4) is 0 Å². The smallest absolute Gasteiger partial charge is 0.334 e. The number of esters is 1. The largest absolute Gasteiger partial charge is 0.466 e. The van der Waals surface area contributed by atoms with E-state index in [9.17, 15) is 9.59 Å². The Balaban J connectivity index is 2.06. The molecule has 0 saturated heterocycles. The maximum Gasteiger partial charge on any atom is 0.334 e. The molecule has 1 saturated carbocycles. The van der Waals surface area contributed by atoms with Gasteiger partial charge in [0.1, 0.15) is 6.29 Å². The minimum atomic E-state index is -0.297.